The summed E-state index contributed by atoms with van der Waals surface area (Å²) in [7, 11) is -3.61. The van der Waals surface area contributed by atoms with Crippen molar-refractivity contribution in [3.05, 3.63) is 54.4 Å². The van der Waals surface area contributed by atoms with Crippen molar-refractivity contribution in [2.24, 2.45) is 0 Å². The molecule has 0 unspecified atom stereocenters. The van der Waals surface area contributed by atoms with E-state index in [2.05, 4.69) is 14.7 Å². The Kier molecular flexibility index (Phi) is 3.36. The van der Waals surface area contributed by atoms with Gasteiger partial charge < -0.3 is 10.1 Å². The monoisotopic (exact) mass is 303 g/mol. The molecule has 0 radical (unpaired) electrons. The van der Waals surface area contributed by atoms with Gasteiger partial charge in [0.2, 0.25) is 10.0 Å². The fraction of sp³-hybridized carbons (Fsp3) is 0.0714. The molecule has 0 saturated carbocycles. The van der Waals surface area contributed by atoms with E-state index in [1.165, 1.54) is 24.3 Å². The molecule has 0 aliphatic carbocycles. The van der Waals surface area contributed by atoms with Gasteiger partial charge in [0.05, 0.1) is 11.4 Å². The number of aromatic amines is 1. The van der Waals surface area contributed by atoms with Crippen molar-refractivity contribution < 1.29 is 13.5 Å². The maximum Gasteiger partial charge on any atom is 0.240 e. The molecule has 3 aromatic rings. The smallest absolute Gasteiger partial charge is 0.240 e. The quantitative estimate of drug-likeness (QED) is 0.684. The van der Waals surface area contributed by atoms with Gasteiger partial charge in [0.15, 0.2) is 0 Å². The van der Waals surface area contributed by atoms with Gasteiger partial charge in [-0.25, -0.2) is 18.1 Å². The number of hydrogen-bond donors (Lipinski definition) is 3. The van der Waals surface area contributed by atoms with Crippen LogP contribution in [0.25, 0.3) is 11.0 Å². The highest BCUT2D eigenvalue weighted by atomic mass is 32.2. The predicted octanol–water partition coefficient (Wildman–Crippen LogP) is 1.75. The Morgan fingerprint density at radius 3 is 2.67 bits per heavy atom. The van der Waals surface area contributed by atoms with Crippen LogP contribution in [-0.2, 0) is 16.6 Å². The molecule has 0 saturated heterocycles. The van der Waals surface area contributed by atoms with Crippen LogP contribution in [0.4, 0.5) is 0 Å². The molecule has 21 heavy (non-hydrogen) atoms. The topological polar surface area (TPSA) is 95.1 Å². The largest absolute Gasteiger partial charge is 0.508 e. The Morgan fingerprint density at radius 1 is 1.19 bits per heavy atom. The molecule has 3 N–H and O–H groups in total. The van der Waals surface area contributed by atoms with Crippen molar-refractivity contribution in [3.63, 3.8) is 0 Å². The van der Waals surface area contributed by atoms with Crippen LogP contribution in [0.15, 0.2) is 53.6 Å². The van der Waals surface area contributed by atoms with Gasteiger partial charge in [-0.05, 0) is 42.5 Å². The van der Waals surface area contributed by atoms with Crippen LogP contribution in [0.5, 0.6) is 5.75 Å². The van der Waals surface area contributed by atoms with E-state index in [0.29, 0.717) is 0 Å². The first-order valence-corrected chi connectivity index (χ1v) is 7.74. The highest BCUT2D eigenvalue weighted by Gasteiger charge is 2.14. The first-order chi connectivity index (χ1) is 10.0. The van der Waals surface area contributed by atoms with Crippen molar-refractivity contribution in [3.8, 4) is 5.75 Å². The number of H-pyrrole nitrogens is 1. The maximum atomic E-state index is 12.1. The van der Waals surface area contributed by atoms with Crippen LogP contribution < -0.4 is 4.72 Å². The van der Waals surface area contributed by atoms with Crippen molar-refractivity contribution in [1.82, 2.24) is 14.7 Å². The molecule has 0 spiro atoms. The molecule has 3 rings (SSSR count). The molecule has 0 amide bonds. The lowest BCUT2D eigenvalue weighted by Gasteiger charge is -2.05. The summed E-state index contributed by atoms with van der Waals surface area (Å²) in [5.41, 5.74) is 1.45. The molecule has 108 valence electrons. The predicted molar refractivity (Wildman–Crippen MR) is 78.2 cm³/mol. The van der Waals surface area contributed by atoms with Crippen LogP contribution in [0.2, 0.25) is 0 Å². The Hall–Kier alpha value is -2.38. The van der Waals surface area contributed by atoms with Crippen LogP contribution in [0.3, 0.4) is 0 Å². The summed E-state index contributed by atoms with van der Waals surface area (Å²) in [6, 6.07) is 10.9. The van der Waals surface area contributed by atoms with Crippen molar-refractivity contribution in [1.29, 1.82) is 0 Å². The van der Waals surface area contributed by atoms with Gasteiger partial charge in [-0.2, -0.15) is 0 Å². The molecular formula is C14H13N3O3S. The molecule has 7 heteroatoms. The zero-order valence-corrected chi connectivity index (χ0v) is 11.8. The average molecular weight is 303 g/mol. The average Bonchev–Trinajstić information content (AvgIpc) is 2.89. The Balaban J connectivity index is 1.78. The molecule has 0 atom stereocenters. The summed E-state index contributed by atoms with van der Waals surface area (Å²) >= 11 is 0. The highest BCUT2D eigenvalue weighted by molar-refractivity contribution is 7.89. The van der Waals surface area contributed by atoms with E-state index in [1.54, 1.807) is 6.20 Å². The number of aromatic hydroxyl groups is 1. The van der Waals surface area contributed by atoms with E-state index in [4.69, 9.17) is 0 Å². The Bertz CT molecular complexity index is 837. The maximum absolute atomic E-state index is 12.1. The number of aromatic nitrogens is 2. The first kappa shape index (κ1) is 13.6. The number of benzene rings is 1. The molecule has 6 nitrogen and oxygen atoms in total. The number of hydrogen-bond acceptors (Lipinski definition) is 4. The zero-order valence-electron chi connectivity index (χ0n) is 10.9. The SMILES string of the molecule is O=S(=O)(NCc1cc2cccnc2[nH]1)c1ccc(O)cc1. The van der Waals surface area contributed by atoms with Crippen LogP contribution in [0.1, 0.15) is 5.69 Å². The summed E-state index contributed by atoms with van der Waals surface area (Å²) in [6.07, 6.45) is 1.67. The Labute approximate surface area is 121 Å². The third kappa shape index (κ3) is 2.88. The third-order valence-corrected chi connectivity index (χ3v) is 4.46. The lowest BCUT2D eigenvalue weighted by molar-refractivity contribution is 0.474. The van der Waals surface area contributed by atoms with Gasteiger partial charge in [0.25, 0.3) is 0 Å². The van der Waals surface area contributed by atoms with Gasteiger partial charge >= 0.3 is 0 Å². The number of rotatable bonds is 4. The summed E-state index contributed by atoms with van der Waals surface area (Å²) in [6.45, 7) is 0.138. The molecule has 0 fully saturated rings. The van der Waals surface area contributed by atoms with Gasteiger partial charge in [-0.1, -0.05) is 0 Å². The fourth-order valence-corrected chi connectivity index (χ4v) is 3.00. The van der Waals surface area contributed by atoms with Gasteiger partial charge in [-0.3, -0.25) is 0 Å². The summed E-state index contributed by atoms with van der Waals surface area (Å²) < 4.78 is 26.7. The molecule has 1 aromatic carbocycles. The van der Waals surface area contributed by atoms with E-state index in [9.17, 15) is 13.5 Å². The minimum absolute atomic E-state index is 0.0237. The number of sulfonamides is 1. The third-order valence-electron chi connectivity index (χ3n) is 3.05. The summed E-state index contributed by atoms with van der Waals surface area (Å²) in [5.74, 6) is 0.0237. The number of pyridine rings is 1. The van der Waals surface area contributed by atoms with E-state index in [0.717, 1.165) is 16.7 Å². The summed E-state index contributed by atoms with van der Waals surface area (Å²) in [4.78, 5) is 7.31. The van der Waals surface area contributed by atoms with Crippen molar-refractivity contribution >= 4 is 21.1 Å². The lowest BCUT2D eigenvalue weighted by Crippen LogP contribution is -2.23. The number of nitrogens with one attached hydrogen (secondary N) is 2. The van der Waals surface area contributed by atoms with Crippen LogP contribution in [-0.4, -0.2) is 23.5 Å². The fourth-order valence-electron chi connectivity index (χ4n) is 1.99. The van der Waals surface area contributed by atoms with Crippen LogP contribution in [0, 0.1) is 0 Å². The number of nitrogens with zero attached hydrogens (tertiary/aromatic N) is 1. The van der Waals surface area contributed by atoms with Crippen LogP contribution >= 0.6 is 0 Å². The number of fused-ring (bicyclic) bond motifs is 1. The molecule has 0 aliphatic heterocycles. The molecule has 0 bridgehead atoms. The number of phenols is 1. The Morgan fingerprint density at radius 2 is 1.95 bits per heavy atom. The molecule has 0 aliphatic rings. The molecule has 2 aromatic heterocycles. The van der Waals surface area contributed by atoms with E-state index >= 15 is 0 Å². The van der Waals surface area contributed by atoms with E-state index in [1.807, 2.05) is 18.2 Å². The van der Waals surface area contributed by atoms with Gasteiger partial charge in [0, 0.05) is 17.3 Å². The minimum Gasteiger partial charge on any atom is -0.508 e. The van der Waals surface area contributed by atoms with Crippen molar-refractivity contribution in [2.45, 2.75) is 11.4 Å². The van der Waals surface area contributed by atoms with E-state index < -0.39 is 10.0 Å². The first-order valence-electron chi connectivity index (χ1n) is 6.26. The van der Waals surface area contributed by atoms with Gasteiger partial charge in [0.1, 0.15) is 11.4 Å². The van der Waals surface area contributed by atoms with Gasteiger partial charge in [-0.15, -0.1) is 0 Å². The highest BCUT2D eigenvalue weighted by Crippen LogP contribution is 2.16. The second-order valence-corrected chi connectivity index (χ2v) is 6.32. The second-order valence-electron chi connectivity index (χ2n) is 4.55. The number of phenolic OH excluding ortho intramolecular Hbond substituents is 1. The standard InChI is InChI=1S/C14H13N3O3S/c18-12-3-5-13(6-4-12)21(19,20)16-9-11-8-10-2-1-7-15-14(10)17-11/h1-8,16,18H,9H2,(H,15,17). The zero-order chi connectivity index (χ0) is 14.9. The summed E-state index contributed by atoms with van der Waals surface area (Å²) in [5, 5.41) is 10.1. The lowest BCUT2D eigenvalue weighted by atomic mass is 10.3. The normalized spacial score (nSPS) is 11.8. The minimum atomic E-state index is -3.61. The second kappa shape index (κ2) is 5.19. The van der Waals surface area contributed by atoms with Crippen molar-refractivity contribution in [2.75, 3.05) is 0 Å². The molecular weight excluding hydrogens is 290 g/mol. The molecule has 2 heterocycles. The van der Waals surface area contributed by atoms with E-state index in [-0.39, 0.29) is 17.2 Å².